The Morgan fingerprint density at radius 3 is 2.32 bits per heavy atom. The van der Waals surface area contributed by atoms with E-state index >= 15 is 0 Å². The number of carbonyl (C=O) groups is 1. The molecule has 0 saturated carbocycles. The lowest BCUT2D eigenvalue weighted by Crippen LogP contribution is -2.10. The van der Waals surface area contributed by atoms with Gasteiger partial charge in [-0.15, -0.1) is 0 Å². The number of esters is 1. The van der Waals surface area contributed by atoms with Gasteiger partial charge in [-0.05, 0) is 19.7 Å². The largest absolute Gasteiger partial charge is 0.465 e. The van der Waals surface area contributed by atoms with Crippen molar-refractivity contribution in [3.63, 3.8) is 0 Å². The van der Waals surface area contributed by atoms with Crippen LogP contribution in [-0.2, 0) is 15.7 Å². The van der Waals surface area contributed by atoms with E-state index in [1.165, 1.54) is 13.0 Å². The van der Waals surface area contributed by atoms with Crippen LogP contribution in [0.2, 0.25) is 0 Å². The van der Waals surface area contributed by atoms with Crippen LogP contribution in [-0.4, -0.2) is 29.8 Å². The van der Waals surface area contributed by atoms with Gasteiger partial charge in [-0.1, -0.05) is 11.6 Å². The number of ether oxygens (including phenoxy) is 1. The molecule has 0 radical (unpaired) electrons. The molecule has 0 N–H and O–H groups in total. The van der Waals surface area contributed by atoms with Crippen molar-refractivity contribution in [3.05, 3.63) is 40.5 Å². The number of rotatable bonds is 4. The lowest BCUT2D eigenvalue weighted by Gasteiger charge is -2.07. The third kappa shape index (κ3) is 4.39. The number of halogens is 4. The van der Waals surface area contributed by atoms with E-state index in [-0.39, 0.29) is 21.9 Å². The molecule has 1 rings (SSSR count). The molecule has 0 unspecified atom stereocenters. The third-order valence-electron chi connectivity index (χ3n) is 2.43. The summed E-state index contributed by atoms with van der Waals surface area (Å²) in [4.78, 5) is 21.6. The van der Waals surface area contributed by atoms with Crippen molar-refractivity contribution < 1.29 is 22.7 Å². The van der Waals surface area contributed by atoms with Crippen LogP contribution in [0.4, 0.5) is 13.2 Å². The Kier molecular flexibility index (Phi) is 5.81. The van der Waals surface area contributed by atoms with Crippen LogP contribution >= 0.6 is 11.6 Å². The van der Waals surface area contributed by atoms with E-state index in [0.717, 1.165) is 19.5 Å². The molecule has 118 valence electrons. The number of carbonyl (C=O) groups excluding carboxylic acids is 1. The van der Waals surface area contributed by atoms with Gasteiger partial charge >= 0.3 is 12.1 Å². The Balaban J connectivity index is 3.26. The molecule has 0 amide bonds. The van der Waals surface area contributed by atoms with E-state index in [4.69, 9.17) is 11.6 Å². The number of nitrogens with zero attached hydrogens (tertiary/aromatic N) is 3. The van der Waals surface area contributed by atoms with E-state index in [1.54, 1.807) is 0 Å². The van der Waals surface area contributed by atoms with Gasteiger partial charge in [-0.25, -0.2) is 14.8 Å². The lowest BCUT2D eigenvalue weighted by molar-refractivity contribution is -0.145. The Hall–Kier alpha value is -2.22. The van der Waals surface area contributed by atoms with Gasteiger partial charge in [0.25, 0.3) is 0 Å². The predicted molar refractivity (Wildman–Crippen MR) is 75.1 cm³/mol. The monoisotopic (exact) mass is 333 g/mol. The summed E-state index contributed by atoms with van der Waals surface area (Å²) >= 11 is 5.78. The summed E-state index contributed by atoms with van der Waals surface area (Å²) in [7, 11) is 1.16. The zero-order valence-electron chi connectivity index (χ0n) is 11.6. The van der Waals surface area contributed by atoms with Crippen molar-refractivity contribution in [2.75, 3.05) is 7.11 Å². The van der Waals surface area contributed by atoms with Crippen LogP contribution in [0.3, 0.4) is 0 Å². The van der Waals surface area contributed by atoms with Crippen LogP contribution in [0.25, 0.3) is 5.70 Å². The first-order chi connectivity index (χ1) is 10.2. The second-order valence-corrected chi connectivity index (χ2v) is 4.49. The molecule has 22 heavy (non-hydrogen) atoms. The maximum absolute atomic E-state index is 12.4. The molecule has 0 bridgehead atoms. The Bertz CT molecular complexity index is 633. The Labute approximate surface area is 129 Å². The zero-order chi connectivity index (χ0) is 16.9. The highest BCUT2D eigenvalue weighted by Crippen LogP contribution is 2.27. The average molecular weight is 334 g/mol. The predicted octanol–water partition coefficient (Wildman–Crippen LogP) is 3.22. The number of aromatic nitrogens is 2. The number of methoxy groups -OCH3 is 1. The van der Waals surface area contributed by atoms with Crippen molar-refractivity contribution in [1.29, 1.82) is 0 Å². The van der Waals surface area contributed by atoms with Crippen LogP contribution in [0.5, 0.6) is 0 Å². The van der Waals surface area contributed by atoms with Crippen LogP contribution in [0.1, 0.15) is 18.3 Å². The van der Waals surface area contributed by atoms with Crippen LogP contribution < -0.4 is 0 Å². The van der Waals surface area contributed by atoms with Crippen LogP contribution in [0, 0.1) is 0 Å². The van der Waals surface area contributed by atoms with Gasteiger partial charge in [0, 0.05) is 23.0 Å². The van der Waals surface area contributed by atoms with Crippen molar-refractivity contribution in [2.24, 2.45) is 4.99 Å². The highest BCUT2D eigenvalue weighted by molar-refractivity contribution is 6.31. The standard InChI is InChI=1S/C13H11ClF3N3O2/c1-7(14)9(11(21)22-3)4-10(18-2)8-5-19-12(20-6-8)13(15,16)17/h4-6H,2H2,1,3H3/b9-7-,10-4-. The van der Waals surface area contributed by atoms with Gasteiger partial charge in [0.05, 0.1) is 18.4 Å². The average Bonchev–Trinajstić information content (AvgIpc) is 2.46. The molecule has 0 saturated heterocycles. The fourth-order valence-electron chi connectivity index (χ4n) is 1.37. The zero-order valence-corrected chi connectivity index (χ0v) is 12.4. The molecular formula is C13H11ClF3N3O2. The highest BCUT2D eigenvalue weighted by Gasteiger charge is 2.34. The second kappa shape index (κ2) is 7.17. The summed E-state index contributed by atoms with van der Waals surface area (Å²) in [6.45, 7) is 4.74. The maximum Gasteiger partial charge on any atom is 0.451 e. The van der Waals surface area contributed by atoms with Crippen molar-refractivity contribution in [3.8, 4) is 0 Å². The van der Waals surface area contributed by atoms with E-state index in [0.29, 0.717) is 0 Å². The summed E-state index contributed by atoms with van der Waals surface area (Å²) in [5.74, 6) is -2.00. The minimum atomic E-state index is -4.65. The summed E-state index contributed by atoms with van der Waals surface area (Å²) in [5, 5.41) is 0.126. The minimum Gasteiger partial charge on any atom is -0.465 e. The van der Waals surface area contributed by atoms with Gasteiger partial charge in [0.2, 0.25) is 5.82 Å². The summed E-state index contributed by atoms with van der Waals surface area (Å²) in [6.07, 6.45) is -1.56. The fourth-order valence-corrected chi connectivity index (χ4v) is 1.50. The summed E-state index contributed by atoms with van der Waals surface area (Å²) < 4.78 is 41.8. The van der Waals surface area contributed by atoms with Gasteiger partial charge in [0.15, 0.2) is 0 Å². The van der Waals surface area contributed by atoms with Gasteiger partial charge in [-0.2, -0.15) is 13.2 Å². The second-order valence-electron chi connectivity index (χ2n) is 3.92. The van der Waals surface area contributed by atoms with Crippen LogP contribution in [0.15, 0.2) is 34.1 Å². The molecule has 0 atom stereocenters. The number of alkyl halides is 3. The van der Waals surface area contributed by atoms with Crippen molar-refractivity contribution in [1.82, 2.24) is 9.97 Å². The molecule has 1 heterocycles. The molecule has 0 aliphatic heterocycles. The van der Waals surface area contributed by atoms with Gasteiger partial charge < -0.3 is 4.74 Å². The quantitative estimate of drug-likeness (QED) is 0.367. The Morgan fingerprint density at radius 1 is 1.41 bits per heavy atom. The van der Waals surface area contributed by atoms with E-state index in [1.807, 2.05) is 0 Å². The van der Waals surface area contributed by atoms with Gasteiger partial charge in [0.1, 0.15) is 0 Å². The maximum atomic E-state index is 12.4. The number of aliphatic imine (C=N–C) groups is 1. The van der Waals surface area contributed by atoms with E-state index < -0.39 is 18.0 Å². The molecule has 1 aromatic rings. The first-order valence-electron chi connectivity index (χ1n) is 5.73. The topological polar surface area (TPSA) is 64.4 Å². The first-order valence-corrected chi connectivity index (χ1v) is 6.11. The normalized spacial score (nSPS) is 13.5. The minimum absolute atomic E-state index is 0.00790. The van der Waals surface area contributed by atoms with Crippen molar-refractivity contribution in [2.45, 2.75) is 13.1 Å². The molecule has 0 fully saturated rings. The van der Waals surface area contributed by atoms with E-state index in [2.05, 4.69) is 26.4 Å². The van der Waals surface area contributed by atoms with E-state index in [9.17, 15) is 18.0 Å². The fraction of sp³-hybridized carbons (Fsp3) is 0.231. The SMILES string of the molecule is C=N/C(=C\C(C(=O)OC)=C(/C)Cl)c1cnc(C(F)(F)F)nc1. The molecule has 0 aliphatic rings. The Morgan fingerprint density at radius 2 is 1.95 bits per heavy atom. The summed E-state index contributed by atoms with van der Waals surface area (Å²) in [6, 6.07) is 0. The highest BCUT2D eigenvalue weighted by atomic mass is 35.5. The van der Waals surface area contributed by atoms with Gasteiger partial charge in [-0.3, -0.25) is 4.99 Å². The molecule has 5 nitrogen and oxygen atoms in total. The van der Waals surface area contributed by atoms with Crippen molar-refractivity contribution >= 4 is 30.0 Å². The smallest absolute Gasteiger partial charge is 0.451 e. The third-order valence-corrected chi connectivity index (χ3v) is 2.63. The molecule has 1 aromatic heterocycles. The molecule has 0 aromatic carbocycles. The molecule has 9 heteroatoms. The number of hydrogen-bond acceptors (Lipinski definition) is 5. The lowest BCUT2D eigenvalue weighted by atomic mass is 10.1. The molecule has 0 aliphatic carbocycles. The number of hydrogen-bond donors (Lipinski definition) is 0. The molecular weight excluding hydrogens is 323 g/mol. The number of allylic oxidation sites excluding steroid dienone is 1. The molecule has 0 spiro atoms. The first kappa shape index (κ1) is 17.8. The summed E-state index contributed by atoms with van der Waals surface area (Å²) in [5.41, 5.74) is 0.211.